The first-order chi connectivity index (χ1) is 14.2. The first kappa shape index (κ1) is 19.8. The summed E-state index contributed by atoms with van der Waals surface area (Å²) in [6, 6.07) is 10.7. The molecule has 7 nitrogen and oxygen atoms in total. The maximum absolute atomic E-state index is 12.5. The first-order valence-electron chi connectivity index (χ1n) is 10.7. The second kappa shape index (κ2) is 8.86. The zero-order valence-corrected chi connectivity index (χ0v) is 17.0. The predicted molar refractivity (Wildman–Crippen MR) is 112 cm³/mol. The molecular formula is C22H30N4O3. The SMILES string of the molecule is CCOC(=O)N1CCC(N2CCC(n3cc(-c4ccccc4)[nH]c3=O)CC2)CC1. The number of likely N-dealkylation sites (tertiary alicyclic amines) is 2. The zero-order valence-electron chi connectivity index (χ0n) is 17.0. The number of H-pyrrole nitrogens is 1. The van der Waals surface area contributed by atoms with Crippen molar-refractivity contribution in [1.29, 1.82) is 0 Å². The average molecular weight is 399 g/mol. The maximum Gasteiger partial charge on any atom is 0.409 e. The number of aromatic amines is 1. The van der Waals surface area contributed by atoms with Gasteiger partial charge in [0.15, 0.2) is 0 Å². The quantitative estimate of drug-likeness (QED) is 0.859. The highest BCUT2D eigenvalue weighted by atomic mass is 16.6. The molecule has 2 fully saturated rings. The van der Waals surface area contributed by atoms with Crippen LogP contribution in [0.3, 0.4) is 0 Å². The summed E-state index contributed by atoms with van der Waals surface area (Å²) in [7, 11) is 0. The van der Waals surface area contributed by atoms with Crippen molar-refractivity contribution in [2.24, 2.45) is 0 Å². The van der Waals surface area contributed by atoms with E-state index in [4.69, 9.17) is 4.74 Å². The maximum atomic E-state index is 12.5. The van der Waals surface area contributed by atoms with Gasteiger partial charge in [0, 0.05) is 44.5 Å². The van der Waals surface area contributed by atoms with Gasteiger partial charge in [0.1, 0.15) is 0 Å². The van der Waals surface area contributed by atoms with Crippen molar-refractivity contribution in [3.8, 4) is 11.3 Å². The molecule has 29 heavy (non-hydrogen) atoms. The van der Waals surface area contributed by atoms with E-state index in [1.54, 1.807) is 0 Å². The molecule has 0 atom stereocenters. The van der Waals surface area contributed by atoms with Gasteiger partial charge >= 0.3 is 11.8 Å². The number of carbonyl (C=O) groups is 1. The van der Waals surface area contributed by atoms with Gasteiger partial charge in [-0.05, 0) is 38.2 Å². The van der Waals surface area contributed by atoms with Crippen LogP contribution in [0.15, 0.2) is 41.3 Å². The van der Waals surface area contributed by atoms with Crippen molar-refractivity contribution in [2.75, 3.05) is 32.8 Å². The summed E-state index contributed by atoms with van der Waals surface area (Å²) in [6.45, 7) is 5.78. The van der Waals surface area contributed by atoms with Crippen molar-refractivity contribution in [1.82, 2.24) is 19.4 Å². The molecule has 156 valence electrons. The number of nitrogens with one attached hydrogen (secondary N) is 1. The number of imidazole rings is 1. The van der Waals surface area contributed by atoms with Crippen LogP contribution in [0.5, 0.6) is 0 Å². The molecule has 0 radical (unpaired) electrons. The van der Waals surface area contributed by atoms with E-state index in [-0.39, 0.29) is 17.8 Å². The lowest BCUT2D eigenvalue weighted by molar-refractivity contribution is 0.0622. The number of hydrogen-bond acceptors (Lipinski definition) is 4. The molecule has 0 saturated carbocycles. The summed E-state index contributed by atoms with van der Waals surface area (Å²) < 4.78 is 6.99. The molecule has 2 aliphatic rings. The number of aromatic nitrogens is 2. The number of piperidine rings is 2. The van der Waals surface area contributed by atoms with Crippen LogP contribution in [0, 0.1) is 0 Å². The Kier molecular flexibility index (Phi) is 6.04. The minimum Gasteiger partial charge on any atom is -0.450 e. The van der Waals surface area contributed by atoms with Gasteiger partial charge in [-0.25, -0.2) is 9.59 Å². The van der Waals surface area contributed by atoms with Crippen LogP contribution in [0.25, 0.3) is 11.3 Å². The van der Waals surface area contributed by atoms with E-state index in [2.05, 4.69) is 9.88 Å². The Morgan fingerprint density at radius 2 is 1.69 bits per heavy atom. The van der Waals surface area contributed by atoms with Crippen molar-refractivity contribution >= 4 is 6.09 Å². The summed E-state index contributed by atoms with van der Waals surface area (Å²) in [6.07, 6.45) is 5.72. The van der Waals surface area contributed by atoms with E-state index in [1.807, 2.05) is 52.9 Å². The second-order valence-electron chi connectivity index (χ2n) is 7.93. The Balaban J connectivity index is 1.32. The first-order valence-corrected chi connectivity index (χ1v) is 10.7. The Labute approximate surface area is 171 Å². The summed E-state index contributed by atoms with van der Waals surface area (Å²) in [5, 5.41) is 0. The third kappa shape index (κ3) is 4.40. The Bertz CT molecular complexity index is 860. The molecule has 2 aromatic rings. The Morgan fingerprint density at radius 1 is 1.03 bits per heavy atom. The molecular weight excluding hydrogens is 368 g/mol. The standard InChI is InChI=1S/C22H30N4O3/c1-2-29-22(28)25-14-8-18(9-15-25)24-12-10-19(11-13-24)26-16-20(23-21(26)27)17-6-4-3-5-7-17/h3-7,16,18-19H,2,8-15H2,1H3,(H,23,27). The summed E-state index contributed by atoms with van der Waals surface area (Å²) in [4.78, 5) is 31.7. The van der Waals surface area contributed by atoms with Crippen molar-refractivity contribution in [3.05, 3.63) is 47.0 Å². The lowest BCUT2D eigenvalue weighted by Crippen LogP contribution is -2.49. The van der Waals surface area contributed by atoms with Gasteiger partial charge in [-0.3, -0.25) is 4.57 Å². The van der Waals surface area contributed by atoms with E-state index in [9.17, 15) is 9.59 Å². The summed E-state index contributed by atoms with van der Waals surface area (Å²) in [5.41, 5.74) is 1.89. The van der Waals surface area contributed by atoms with Gasteiger partial charge in [0.25, 0.3) is 0 Å². The third-order valence-corrected chi connectivity index (χ3v) is 6.23. The number of hydrogen-bond donors (Lipinski definition) is 1. The minimum absolute atomic E-state index is 0.0231. The van der Waals surface area contributed by atoms with E-state index in [1.165, 1.54) is 0 Å². The number of benzene rings is 1. The van der Waals surface area contributed by atoms with Crippen LogP contribution >= 0.6 is 0 Å². The van der Waals surface area contributed by atoms with Gasteiger partial charge < -0.3 is 19.5 Å². The molecule has 1 N–H and O–H groups in total. The highest BCUT2D eigenvalue weighted by molar-refractivity contribution is 5.67. The predicted octanol–water partition coefficient (Wildman–Crippen LogP) is 3.10. The molecule has 2 aliphatic heterocycles. The minimum atomic E-state index is -0.189. The van der Waals surface area contributed by atoms with E-state index < -0.39 is 0 Å². The summed E-state index contributed by atoms with van der Waals surface area (Å²) in [5.74, 6) is 0. The highest BCUT2D eigenvalue weighted by Gasteiger charge is 2.30. The van der Waals surface area contributed by atoms with Crippen molar-refractivity contribution < 1.29 is 9.53 Å². The number of amides is 1. The Hall–Kier alpha value is -2.54. The number of ether oxygens (including phenoxy) is 1. The van der Waals surface area contributed by atoms with Crippen molar-refractivity contribution in [2.45, 2.75) is 44.7 Å². The van der Waals surface area contributed by atoms with Gasteiger partial charge in [0.05, 0.1) is 12.3 Å². The van der Waals surface area contributed by atoms with Crippen LogP contribution in [-0.4, -0.2) is 64.3 Å². The molecule has 0 aliphatic carbocycles. The normalized spacial score (nSPS) is 19.4. The zero-order chi connectivity index (χ0) is 20.2. The van der Waals surface area contributed by atoms with Crippen molar-refractivity contribution in [3.63, 3.8) is 0 Å². The molecule has 7 heteroatoms. The third-order valence-electron chi connectivity index (χ3n) is 6.23. The van der Waals surface area contributed by atoms with E-state index >= 15 is 0 Å². The molecule has 0 unspecified atom stereocenters. The largest absolute Gasteiger partial charge is 0.450 e. The second-order valence-corrected chi connectivity index (χ2v) is 7.93. The van der Waals surface area contributed by atoms with Gasteiger partial charge in [-0.15, -0.1) is 0 Å². The van der Waals surface area contributed by atoms with Gasteiger partial charge in [-0.1, -0.05) is 30.3 Å². The van der Waals surface area contributed by atoms with Crippen LogP contribution in [0.1, 0.15) is 38.6 Å². The van der Waals surface area contributed by atoms with Crippen LogP contribution in [0.4, 0.5) is 4.79 Å². The van der Waals surface area contributed by atoms with Crippen LogP contribution in [-0.2, 0) is 4.74 Å². The molecule has 1 aromatic carbocycles. The monoisotopic (exact) mass is 398 g/mol. The number of rotatable bonds is 4. The smallest absolute Gasteiger partial charge is 0.409 e. The molecule has 0 spiro atoms. The van der Waals surface area contributed by atoms with Crippen LogP contribution in [0.2, 0.25) is 0 Å². The lowest BCUT2D eigenvalue weighted by Gasteiger charge is -2.41. The molecule has 3 heterocycles. The van der Waals surface area contributed by atoms with Gasteiger partial charge in [-0.2, -0.15) is 0 Å². The number of nitrogens with zero attached hydrogens (tertiary/aromatic N) is 3. The van der Waals surface area contributed by atoms with Gasteiger partial charge in [0.2, 0.25) is 0 Å². The van der Waals surface area contributed by atoms with Crippen LogP contribution < -0.4 is 5.69 Å². The lowest BCUT2D eigenvalue weighted by atomic mass is 9.98. The topological polar surface area (TPSA) is 70.6 Å². The summed E-state index contributed by atoms with van der Waals surface area (Å²) >= 11 is 0. The fraction of sp³-hybridized carbons (Fsp3) is 0.545. The highest BCUT2D eigenvalue weighted by Crippen LogP contribution is 2.27. The average Bonchev–Trinajstić information content (AvgIpc) is 3.16. The molecule has 1 amide bonds. The molecule has 1 aromatic heterocycles. The Morgan fingerprint density at radius 3 is 2.34 bits per heavy atom. The molecule has 2 saturated heterocycles. The van der Waals surface area contributed by atoms with E-state index in [0.29, 0.717) is 12.6 Å². The molecule has 4 rings (SSSR count). The molecule has 0 bridgehead atoms. The van der Waals surface area contributed by atoms with E-state index in [0.717, 1.165) is 63.1 Å². The number of carbonyl (C=O) groups excluding carboxylic acids is 1. The fourth-order valence-corrected chi connectivity index (χ4v) is 4.60. The fourth-order valence-electron chi connectivity index (χ4n) is 4.60.